The normalized spacial score (nSPS) is 11.4. The summed E-state index contributed by atoms with van der Waals surface area (Å²) >= 11 is 0. The summed E-state index contributed by atoms with van der Waals surface area (Å²) in [6.45, 7) is 1.77. The number of hydrogen-bond acceptors (Lipinski definition) is 3. The van der Waals surface area contributed by atoms with Crippen LogP contribution in [-0.4, -0.2) is 11.1 Å². The Labute approximate surface area is 112 Å². The van der Waals surface area contributed by atoms with Crippen LogP contribution < -0.4 is 5.32 Å². The maximum atomic E-state index is 12.4. The monoisotopic (exact) mass is 284 g/mol. The highest BCUT2D eigenvalue weighted by molar-refractivity contribution is 5.92. The van der Waals surface area contributed by atoms with Gasteiger partial charge in [0.25, 0.3) is 5.91 Å². The molecular formula is C13H11F3N2O2. The molecule has 1 amide bonds. The Balaban J connectivity index is 1.96. The minimum Gasteiger partial charge on any atom is -0.361 e. The number of hydrogen-bond donors (Lipinski definition) is 1. The predicted molar refractivity (Wildman–Crippen MR) is 63.9 cm³/mol. The molecule has 1 N–H and O–H groups in total. The number of nitrogens with zero attached hydrogens (tertiary/aromatic N) is 1. The largest absolute Gasteiger partial charge is 0.416 e. The quantitative estimate of drug-likeness (QED) is 0.942. The molecular weight excluding hydrogens is 273 g/mol. The highest BCUT2D eigenvalue weighted by atomic mass is 19.4. The maximum absolute atomic E-state index is 12.4. The van der Waals surface area contributed by atoms with E-state index in [4.69, 9.17) is 4.52 Å². The molecule has 0 saturated carbocycles. The summed E-state index contributed by atoms with van der Waals surface area (Å²) in [4.78, 5) is 11.6. The molecule has 4 nitrogen and oxygen atoms in total. The fraction of sp³-hybridized carbons (Fsp3) is 0.231. The Morgan fingerprint density at radius 3 is 2.45 bits per heavy atom. The first kappa shape index (κ1) is 14.1. The van der Waals surface area contributed by atoms with E-state index >= 15 is 0 Å². The van der Waals surface area contributed by atoms with Crippen molar-refractivity contribution in [1.29, 1.82) is 0 Å². The maximum Gasteiger partial charge on any atom is 0.416 e. The minimum atomic E-state index is -4.36. The van der Waals surface area contributed by atoms with Crippen LogP contribution in [0.5, 0.6) is 0 Å². The topological polar surface area (TPSA) is 55.1 Å². The molecule has 2 aromatic rings. The zero-order valence-corrected chi connectivity index (χ0v) is 10.5. The summed E-state index contributed by atoms with van der Waals surface area (Å²) in [6.07, 6.45) is -4.36. The first-order valence-corrected chi connectivity index (χ1v) is 5.74. The van der Waals surface area contributed by atoms with Crippen LogP contribution in [0, 0.1) is 6.92 Å². The predicted octanol–water partition coefficient (Wildman–Crippen LogP) is 2.93. The van der Waals surface area contributed by atoms with Gasteiger partial charge in [-0.25, -0.2) is 0 Å². The summed E-state index contributed by atoms with van der Waals surface area (Å²) in [5.41, 5.74) is -0.0271. The summed E-state index contributed by atoms with van der Waals surface area (Å²) in [7, 11) is 0. The highest BCUT2D eigenvalue weighted by Gasteiger charge is 2.29. The van der Waals surface area contributed by atoms with Crippen molar-refractivity contribution in [1.82, 2.24) is 10.5 Å². The van der Waals surface area contributed by atoms with E-state index in [0.29, 0.717) is 11.3 Å². The third-order valence-electron chi connectivity index (χ3n) is 2.59. The molecule has 0 aliphatic heterocycles. The number of alkyl halides is 3. The lowest BCUT2D eigenvalue weighted by Gasteiger charge is -2.08. The number of nitrogens with one attached hydrogen (secondary N) is 1. The molecule has 0 spiro atoms. The van der Waals surface area contributed by atoms with E-state index in [1.54, 1.807) is 6.92 Å². The molecule has 20 heavy (non-hydrogen) atoms. The molecule has 7 heteroatoms. The fourth-order valence-electron chi connectivity index (χ4n) is 1.56. The van der Waals surface area contributed by atoms with Gasteiger partial charge >= 0.3 is 6.18 Å². The first-order valence-electron chi connectivity index (χ1n) is 5.74. The van der Waals surface area contributed by atoms with E-state index in [2.05, 4.69) is 10.5 Å². The van der Waals surface area contributed by atoms with Crippen molar-refractivity contribution < 1.29 is 22.5 Å². The van der Waals surface area contributed by atoms with E-state index in [9.17, 15) is 18.0 Å². The fourth-order valence-corrected chi connectivity index (χ4v) is 1.56. The van der Waals surface area contributed by atoms with Crippen molar-refractivity contribution in [3.8, 4) is 0 Å². The van der Waals surface area contributed by atoms with Crippen LogP contribution in [0.15, 0.2) is 34.9 Å². The number of amides is 1. The van der Waals surface area contributed by atoms with Crippen LogP contribution in [0.3, 0.4) is 0 Å². The molecule has 0 aliphatic carbocycles. The number of aryl methyl sites for hydroxylation is 1. The van der Waals surface area contributed by atoms with Gasteiger partial charge in [0.1, 0.15) is 5.76 Å². The van der Waals surface area contributed by atoms with Gasteiger partial charge in [0.2, 0.25) is 0 Å². The Kier molecular flexibility index (Phi) is 3.78. The Bertz CT molecular complexity index is 603. The van der Waals surface area contributed by atoms with Crippen molar-refractivity contribution in [3.63, 3.8) is 0 Å². The van der Waals surface area contributed by atoms with E-state index in [1.807, 2.05) is 0 Å². The van der Waals surface area contributed by atoms with Crippen LogP contribution in [-0.2, 0) is 12.7 Å². The van der Waals surface area contributed by atoms with Gasteiger partial charge in [0, 0.05) is 12.6 Å². The van der Waals surface area contributed by atoms with Gasteiger partial charge in [0.05, 0.1) is 5.56 Å². The lowest BCUT2D eigenvalue weighted by molar-refractivity contribution is -0.137. The van der Waals surface area contributed by atoms with Crippen molar-refractivity contribution in [3.05, 3.63) is 52.9 Å². The standard InChI is InChI=1S/C13H11F3N2O2/c1-8-6-11(18-20-8)12(19)17-7-9-2-4-10(5-3-9)13(14,15)16/h2-6H,7H2,1H3,(H,17,19). The molecule has 0 bridgehead atoms. The first-order chi connectivity index (χ1) is 9.36. The van der Waals surface area contributed by atoms with Crippen molar-refractivity contribution in [2.24, 2.45) is 0 Å². The molecule has 0 radical (unpaired) electrons. The molecule has 0 fully saturated rings. The highest BCUT2D eigenvalue weighted by Crippen LogP contribution is 2.29. The third-order valence-corrected chi connectivity index (χ3v) is 2.59. The van der Waals surface area contributed by atoms with Gasteiger partial charge in [-0.3, -0.25) is 4.79 Å². The van der Waals surface area contributed by atoms with Gasteiger partial charge in [-0.05, 0) is 24.6 Å². The van der Waals surface area contributed by atoms with Crippen molar-refractivity contribution >= 4 is 5.91 Å². The molecule has 1 heterocycles. The van der Waals surface area contributed by atoms with Crippen LogP contribution in [0.1, 0.15) is 27.4 Å². The number of rotatable bonds is 3. The Hall–Kier alpha value is -2.31. The van der Waals surface area contributed by atoms with Crippen molar-refractivity contribution in [2.75, 3.05) is 0 Å². The average Bonchev–Trinajstić information content (AvgIpc) is 2.82. The van der Waals surface area contributed by atoms with Gasteiger partial charge in [-0.1, -0.05) is 17.3 Å². The number of halogens is 3. The minimum absolute atomic E-state index is 0.114. The molecule has 1 aromatic carbocycles. The van der Waals surface area contributed by atoms with Gasteiger partial charge in [-0.2, -0.15) is 13.2 Å². The van der Waals surface area contributed by atoms with Crippen molar-refractivity contribution in [2.45, 2.75) is 19.6 Å². The number of aromatic nitrogens is 1. The summed E-state index contributed by atoms with van der Waals surface area (Å²) < 4.78 is 41.9. The Morgan fingerprint density at radius 1 is 1.30 bits per heavy atom. The van der Waals surface area contributed by atoms with Gasteiger partial charge < -0.3 is 9.84 Å². The second-order valence-electron chi connectivity index (χ2n) is 4.20. The van der Waals surface area contributed by atoms with Crippen LogP contribution >= 0.6 is 0 Å². The smallest absolute Gasteiger partial charge is 0.361 e. The summed E-state index contributed by atoms with van der Waals surface area (Å²) in [5.74, 6) is 0.0615. The summed E-state index contributed by atoms with van der Waals surface area (Å²) in [6, 6.07) is 6.06. The number of carbonyl (C=O) groups is 1. The number of benzene rings is 1. The Morgan fingerprint density at radius 2 is 1.95 bits per heavy atom. The lowest BCUT2D eigenvalue weighted by atomic mass is 10.1. The van der Waals surface area contributed by atoms with Crippen LogP contribution in [0.2, 0.25) is 0 Å². The molecule has 2 rings (SSSR count). The van der Waals surface area contributed by atoms with Gasteiger partial charge in [0.15, 0.2) is 5.69 Å². The van der Waals surface area contributed by atoms with Crippen LogP contribution in [0.25, 0.3) is 0 Å². The van der Waals surface area contributed by atoms with Gasteiger partial charge in [-0.15, -0.1) is 0 Å². The molecule has 0 unspecified atom stereocenters. The third kappa shape index (κ3) is 3.37. The molecule has 1 aromatic heterocycles. The second kappa shape index (κ2) is 5.36. The van der Waals surface area contributed by atoms with E-state index < -0.39 is 17.6 Å². The number of carbonyl (C=O) groups excluding carboxylic acids is 1. The average molecular weight is 284 g/mol. The van der Waals surface area contributed by atoms with Crippen LogP contribution in [0.4, 0.5) is 13.2 Å². The summed E-state index contributed by atoms with van der Waals surface area (Å²) in [5, 5.41) is 6.08. The molecule has 0 aliphatic rings. The SMILES string of the molecule is Cc1cc(C(=O)NCc2ccc(C(F)(F)F)cc2)no1. The van der Waals surface area contributed by atoms with E-state index in [0.717, 1.165) is 12.1 Å². The zero-order chi connectivity index (χ0) is 14.8. The van der Waals surface area contributed by atoms with E-state index in [-0.39, 0.29) is 12.2 Å². The molecule has 0 atom stereocenters. The zero-order valence-electron chi connectivity index (χ0n) is 10.5. The van der Waals surface area contributed by atoms with E-state index in [1.165, 1.54) is 18.2 Å². The lowest BCUT2D eigenvalue weighted by Crippen LogP contribution is -2.23. The second-order valence-corrected chi connectivity index (χ2v) is 4.20. The molecule has 106 valence electrons. The molecule has 0 saturated heterocycles.